The molecule has 0 radical (unpaired) electrons. The summed E-state index contributed by atoms with van der Waals surface area (Å²) in [5.74, 6) is -0.430. The van der Waals surface area contributed by atoms with Gasteiger partial charge in [-0.05, 0) is 36.4 Å². The van der Waals surface area contributed by atoms with Gasteiger partial charge in [0.1, 0.15) is 15.8 Å². The number of rotatable bonds is 4. The molecule has 0 aliphatic heterocycles. The molecule has 2 aromatic rings. The summed E-state index contributed by atoms with van der Waals surface area (Å²) in [6.07, 6.45) is 0. The van der Waals surface area contributed by atoms with Gasteiger partial charge in [0.15, 0.2) is 0 Å². The fraction of sp³-hybridized carbons (Fsp3) is 0.0714. The highest BCUT2D eigenvalue weighted by atomic mass is 32.2. The molecule has 0 heterocycles. The molecule has 0 aliphatic rings. The van der Waals surface area contributed by atoms with Gasteiger partial charge in [-0.25, -0.2) is 8.42 Å². The standard InChI is InChI=1S/C14H15N5O4S/c1-8(20)17-10-5-11(7-12(6-10)24(21,22)23)18-19-14-3-2-9(15)4-13(14)16/h2-7H,15-16H2,1H3,(H,17,20)(H,21,22,23)/p-1. The molecule has 126 valence electrons. The molecule has 5 N–H and O–H groups in total. The lowest BCUT2D eigenvalue weighted by atomic mass is 10.2. The van der Waals surface area contributed by atoms with Gasteiger partial charge < -0.3 is 21.3 Å². The van der Waals surface area contributed by atoms with Crippen LogP contribution in [-0.2, 0) is 14.9 Å². The number of nitrogens with two attached hydrogens (primary N) is 2. The van der Waals surface area contributed by atoms with Crippen LogP contribution in [0.25, 0.3) is 0 Å². The van der Waals surface area contributed by atoms with Crippen LogP contribution in [-0.4, -0.2) is 18.9 Å². The van der Waals surface area contributed by atoms with Crippen LogP contribution >= 0.6 is 0 Å². The number of hydrogen-bond donors (Lipinski definition) is 3. The summed E-state index contributed by atoms with van der Waals surface area (Å²) in [5, 5.41) is 10.1. The monoisotopic (exact) mass is 348 g/mol. The van der Waals surface area contributed by atoms with Crippen molar-refractivity contribution in [3.05, 3.63) is 36.4 Å². The quantitative estimate of drug-likeness (QED) is 0.435. The highest BCUT2D eigenvalue weighted by Crippen LogP contribution is 2.29. The zero-order valence-corrected chi connectivity index (χ0v) is 13.4. The van der Waals surface area contributed by atoms with Gasteiger partial charge in [-0.3, -0.25) is 4.79 Å². The first kappa shape index (κ1) is 17.4. The number of nitrogens with one attached hydrogen (secondary N) is 1. The minimum Gasteiger partial charge on any atom is -0.744 e. The molecule has 0 saturated heterocycles. The van der Waals surface area contributed by atoms with Gasteiger partial charge in [0.25, 0.3) is 0 Å². The summed E-state index contributed by atoms with van der Waals surface area (Å²) >= 11 is 0. The molecule has 0 aliphatic carbocycles. The number of anilines is 3. The molecule has 24 heavy (non-hydrogen) atoms. The number of amides is 1. The molecule has 2 aromatic carbocycles. The zero-order chi connectivity index (χ0) is 17.9. The van der Waals surface area contributed by atoms with E-state index in [4.69, 9.17) is 11.5 Å². The van der Waals surface area contributed by atoms with Crippen molar-refractivity contribution in [2.75, 3.05) is 16.8 Å². The number of carbonyl (C=O) groups excluding carboxylic acids is 1. The first-order valence-electron chi connectivity index (χ1n) is 6.60. The Morgan fingerprint density at radius 2 is 1.83 bits per heavy atom. The van der Waals surface area contributed by atoms with Gasteiger partial charge in [-0.2, -0.15) is 5.11 Å². The Morgan fingerprint density at radius 3 is 2.42 bits per heavy atom. The Balaban J connectivity index is 2.44. The van der Waals surface area contributed by atoms with Gasteiger partial charge in [0.2, 0.25) is 5.91 Å². The Hall–Kier alpha value is -2.98. The van der Waals surface area contributed by atoms with E-state index in [9.17, 15) is 17.8 Å². The molecular weight excluding hydrogens is 334 g/mol. The number of nitrogen functional groups attached to an aromatic ring is 2. The average Bonchev–Trinajstić information content (AvgIpc) is 2.44. The predicted octanol–water partition coefficient (Wildman–Crippen LogP) is 2.13. The molecule has 0 unspecified atom stereocenters. The molecule has 0 bridgehead atoms. The normalized spacial score (nSPS) is 11.6. The third kappa shape index (κ3) is 4.51. The number of benzene rings is 2. The summed E-state index contributed by atoms with van der Waals surface area (Å²) in [6, 6.07) is 8.07. The van der Waals surface area contributed by atoms with E-state index < -0.39 is 20.9 Å². The first-order valence-corrected chi connectivity index (χ1v) is 8.01. The van der Waals surface area contributed by atoms with Crippen molar-refractivity contribution in [3.63, 3.8) is 0 Å². The lowest BCUT2D eigenvalue weighted by molar-refractivity contribution is -0.114. The highest BCUT2D eigenvalue weighted by molar-refractivity contribution is 7.85. The summed E-state index contributed by atoms with van der Waals surface area (Å²) in [5.41, 5.74) is 12.6. The topological polar surface area (TPSA) is 163 Å². The second kappa shape index (κ2) is 6.64. The van der Waals surface area contributed by atoms with Gasteiger partial charge in [-0.1, -0.05) is 0 Å². The molecule has 10 heteroatoms. The van der Waals surface area contributed by atoms with Crippen molar-refractivity contribution in [2.24, 2.45) is 10.2 Å². The van der Waals surface area contributed by atoms with Gasteiger partial charge in [0.05, 0.1) is 16.3 Å². The van der Waals surface area contributed by atoms with E-state index in [0.29, 0.717) is 11.4 Å². The molecule has 0 aromatic heterocycles. The van der Waals surface area contributed by atoms with Crippen molar-refractivity contribution in [1.29, 1.82) is 0 Å². The summed E-state index contributed by atoms with van der Waals surface area (Å²) in [4.78, 5) is 10.6. The van der Waals surface area contributed by atoms with Crippen LogP contribution in [0.3, 0.4) is 0 Å². The molecular formula is C14H14N5O4S-. The number of hydrogen-bond acceptors (Lipinski definition) is 8. The van der Waals surface area contributed by atoms with Crippen molar-refractivity contribution in [2.45, 2.75) is 11.8 Å². The molecule has 0 fully saturated rings. The summed E-state index contributed by atoms with van der Waals surface area (Å²) < 4.78 is 33.6. The Morgan fingerprint density at radius 1 is 1.12 bits per heavy atom. The largest absolute Gasteiger partial charge is 0.744 e. The summed E-state index contributed by atoms with van der Waals surface area (Å²) in [6.45, 7) is 1.24. The second-order valence-electron chi connectivity index (χ2n) is 4.87. The van der Waals surface area contributed by atoms with Crippen molar-refractivity contribution < 1.29 is 17.8 Å². The maximum atomic E-state index is 11.2. The van der Waals surface area contributed by atoms with E-state index in [1.807, 2.05) is 0 Å². The zero-order valence-electron chi connectivity index (χ0n) is 12.6. The number of azo groups is 1. The van der Waals surface area contributed by atoms with E-state index in [2.05, 4.69) is 15.5 Å². The number of carbonyl (C=O) groups is 1. The Kier molecular flexibility index (Phi) is 4.81. The second-order valence-corrected chi connectivity index (χ2v) is 6.25. The molecule has 0 spiro atoms. The SMILES string of the molecule is CC(=O)Nc1cc(N=Nc2ccc(N)cc2N)cc(S(=O)(=O)[O-])c1. The maximum Gasteiger partial charge on any atom is 0.221 e. The van der Waals surface area contributed by atoms with Crippen LogP contribution in [0.2, 0.25) is 0 Å². The smallest absolute Gasteiger partial charge is 0.221 e. The molecule has 0 atom stereocenters. The van der Waals surface area contributed by atoms with E-state index in [1.54, 1.807) is 6.07 Å². The minimum absolute atomic E-state index is 0.0619. The maximum absolute atomic E-state index is 11.2. The molecule has 0 saturated carbocycles. The van der Waals surface area contributed by atoms with Crippen LogP contribution in [0, 0.1) is 0 Å². The highest BCUT2D eigenvalue weighted by Gasteiger charge is 2.08. The van der Waals surface area contributed by atoms with Crippen LogP contribution in [0.1, 0.15) is 6.92 Å². The summed E-state index contributed by atoms with van der Waals surface area (Å²) in [7, 11) is -4.72. The third-order valence-electron chi connectivity index (χ3n) is 2.83. The van der Waals surface area contributed by atoms with Gasteiger partial charge in [0, 0.05) is 18.3 Å². The first-order chi connectivity index (χ1) is 11.1. The average molecular weight is 348 g/mol. The van der Waals surface area contributed by atoms with Crippen LogP contribution < -0.4 is 16.8 Å². The van der Waals surface area contributed by atoms with Gasteiger partial charge >= 0.3 is 0 Å². The van der Waals surface area contributed by atoms with Crippen LogP contribution in [0.5, 0.6) is 0 Å². The van der Waals surface area contributed by atoms with Crippen molar-refractivity contribution in [1.82, 2.24) is 0 Å². The lowest BCUT2D eigenvalue weighted by Gasteiger charge is -2.10. The molecule has 2 rings (SSSR count). The van der Waals surface area contributed by atoms with Crippen molar-refractivity contribution >= 4 is 44.5 Å². The minimum atomic E-state index is -4.72. The predicted molar refractivity (Wildman–Crippen MR) is 88.2 cm³/mol. The fourth-order valence-electron chi connectivity index (χ4n) is 1.84. The van der Waals surface area contributed by atoms with E-state index in [1.165, 1.54) is 25.1 Å². The third-order valence-corrected chi connectivity index (χ3v) is 3.64. The molecule has 9 nitrogen and oxygen atoms in total. The Bertz CT molecular complexity index is 925. The number of nitrogens with zero attached hydrogens (tertiary/aromatic N) is 2. The van der Waals surface area contributed by atoms with Gasteiger partial charge in [-0.15, -0.1) is 5.11 Å². The Labute approximate surface area is 138 Å². The molecule has 1 amide bonds. The van der Waals surface area contributed by atoms with Crippen molar-refractivity contribution in [3.8, 4) is 0 Å². The van der Waals surface area contributed by atoms with E-state index in [0.717, 1.165) is 12.1 Å². The van der Waals surface area contributed by atoms with E-state index in [-0.39, 0.29) is 17.1 Å². The van der Waals surface area contributed by atoms with Crippen LogP contribution in [0.4, 0.5) is 28.4 Å². The van der Waals surface area contributed by atoms with E-state index >= 15 is 0 Å². The van der Waals surface area contributed by atoms with Crippen LogP contribution in [0.15, 0.2) is 51.5 Å². The lowest BCUT2D eigenvalue weighted by Crippen LogP contribution is -2.07. The fourth-order valence-corrected chi connectivity index (χ4v) is 2.37.